The highest BCUT2D eigenvalue weighted by molar-refractivity contribution is 5.92. The van der Waals surface area contributed by atoms with Gasteiger partial charge in [0.25, 0.3) is 5.56 Å². The molecule has 0 unspecified atom stereocenters. The molecule has 0 saturated heterocycles. The summed E-state index contributed by atoms with van der Waals surface area (Å²) in [5, 5.41) is 3.57. The second-order valence-corrected chi connectivity index (χ2v) is 7.73. The summed E-state index contributed by atoms with van der Waals surface area (Å²) in [7, 11) is 3.15. The Balaban J connectivity index is 1.43. The van der Waals surface area contributed by atoms with Gasteiger partial charge in [-0.2, -0.15) is 4.98 Å². The molecule has 3 heterocycles. The molecule has 0 spiro atoms. The van der Waals surface area contributed by atoms with Crippen molar-refractivity contribution in [1.29, 1.82) is 0 Å². The average molecular weight is 460 g/mol. The van der Waals surface area contributed by atoms with E-state index in [0.717, 1.165) is 29.0 Å². The zero-order valence-electron chi connectivity index (χ0n) is 18.9. The van der Waals surface area contributed by atoms with Crippen molar-refractivity contribution in [3.05, 3.63) is 64.6 Å². The molecule has 0 radical (unpaired) electrons. The molecule has 9 nitrogen and oxygen atoms in total. The first-order valence-electron chi connectivity index (χ1n) is 10.9. The van der Waals surface area contributed by atoms with Crippen LogP contribution in [0.3, 0.4) is 0 Å². The van der Waals surface area contributed by atoms with Gasteiger partial charge in [0.05, 0.1) is 32.8 Å². The van der Waals surface area contributed by atoms with Crippen LogP contribution in [0.4, 0.5) is 5.95 Å². The number of benzene rings is 2. The second-order valence-electron chi connectivity index (χ2n) is 7.73. The summed E-state index contributed by atoms with van der Waals surface area (Å²) in [6.07, 6.45) is 2.48. The Morgan fingerprint density at radius 3 is 2.65 bits per heavy atom. The molecule has 2 aromatic heterocycles. The number of aromatic amines is 1. The number of pyridine rings is 1. The van der Waals surface area contributed by atoms with Crippen molar-refractivity contribution in [2.24, 2.45) is 0 Å². The summed E-state index contributed by atoms with van der Waals surface area (Å²) in [6, 6.07) is 13.0. The van der Waals surface area contributed by atoms with E-state index in [1.54, 1.807) is 32.5 Å². The maximum absolute atomic E-state index is 13.0. The van der Waals surface area contributed by atoms with Crippen LogP contribution in [0.5, 0.6) is 23.0 Å². The van der Waals surface area contributed by atoms with E-state index in [2.05, 4.69) is 20.3 Å². The van der Waals surface area contributed by atoms with Gasteiger partial charge in [-0.3, -0.25) is 9.78 Å². The Morgan fingerprint density at radius 1 is 1.00 bits per heavy atom. The van der Waals surface area contributed by atoms with Gasteiger partial charge in [-0.15, -0.1) is 0 Å². The molecule has 2 N–H and O–H groups in total. The lowest BCUT2D eigenvalue weighted by molar-refractivity contribution is 0.297. The van der Waals surface area contributed by atoms with Gasteiger partial charge in [-0.1, -0.05) is 12.1 Å². The molecule has 0 saturated carbocycles. The number of rotatable bonds is 6. The van der Waals surface area contributed by atoms with Crippen LogP contribution < -0.4 is 29.8 Å². The summed E-state index contributed by atoms with van der Waals surface area (Å²) < 4.78 is 22.1. The minimum Gasteiger partial charge on any atom is -0.493 e. The smallest absolute Gasteiger partial charge is 0.262 e. The van der Waals surface area contributed by atoms with E-state index >= 15 is 0 Å². The molecular weight excluding hydrogens is 436 g/mol. The maximum atomic E-state index is 13.0. The standard InChI is InChI=1S/C25H24N4O5/c1-31-18-7-5-16(13-20(18)32-2)17-8-9-26-23-22(17)24(30)29-25(28-23)27-14-15-4-6-19-21(12-15)34-11-3-10-33-19/h4-9,12-13H,3,10-11,14H2,1-2H3,(H2,26,27,28,29,30). The van der Waals surface area contributed by atoms with Crippen LogP contribution in [0, 0.1) is 0 Å². The Kier molecular flexibility index (Phi) is 5.90. The van der Waals surface area contributed by atoms with Crippen LogP contribution in [0.25, 0.3) is 22.2 Å². The number of methoxy groups -OCH3 is 2. The number of aromatic nitrogens is 3. The highest BCUT2D eigenvalue weighted by Gasteiger charge is 2.15. The van der Waals surface area contributed by atoms with Crippen molar-refractivity contribution in [3.63, 3.8) is 0 Å². The lowest BCUT2D eigenvalue weighted by Gasteiger charge is -2.12. The van der Waals surface area contributed by atoms with Crippen molar-refractivity contribution >= 4 is 17.0 Å². The molecule has 34 heavy (non-hydrogen) atoms. The van der Waals surface area contributed by atoms with Crippen molar-refractivity contribution in [2.75, 3.05) is 32.8 Å². The summed E-state index contributed by atoms with van der Waals surface area (Å²) in [6.45, 7) is 1.71. The Morgan fingerprint density at radius 2 is 1.82 bits per heavy atom. The van der Waals surface area contributed by atoms with Gasteiger partial charge in [0.15, 0.2) is 28.6 Å². The number of hydrogen-bond donors (Lipinski definition) is 2. The monoisotopic (exact) mass is 460 g/mol. The maximum Gasteiger partial charge on any atom is 0.262 e. The van der Waals surface area contributed by atoms with Crippen LogP contribution >= 0.6 is 0 Å². The van der Waals surface area contributed by atoms with Gasteiger partial charge in [0, 0.05) is 19.2 Å². The Hall–Kier alpha value is -4.27. The van der Waals surface area contributed by atoms with Gasteiger partial charge in [-0.05, 0) is 47.0 Å². The Bertz CT molecular complexity index is 1400. The fourth-order valence-corrected chi connectivity index (χ4v) is 3.89. The zero-order chi connectivity index (χ0) is 23.5. The fourth-order valence-electron chi connectivity index (χ4n) is 3.89. The second kappa shape index (κ2) is 9.30. The molecule has 5 rings (SSSR count). The summed E-state index contributed by atoms with van der Waals surface area (Å²) in [5.74, 6) is 2.98. The SMILES string of the molecule is COc1ccc(-c2ccnc3nc(NCc4ccc5c(c4)OCCCO5)[nH]c(=O)c23)cc1OC. The minimum absolute atomic E-state index is 0.288. The molecule has 9 heteroatoms. The predicted molar refractivity (Wildman–Crippen MR) is 128 cm³/mol. The minimum atomic E-state index is -0.288. The first-order chi connectivity index (χ1) is 16.7. The van der Waals surface area contributed by atoms with Crippen molar-refractivity contribution < 1.29 is 18.9 Å². The van der Waals surface area contributed by atoms with Crippen LogP contribution in [-0.4, -0.2) is 42.4 Å². The summed E-state index contributed by atoms with van der Waals surface area (Å²) >= 11 is 0. The number of nitrogens with one attached hydrogen (secondary N) is 2. The molecule has 0 atom stereocenters. The number of hydrogen-bond acceptors (Lipinski definition) is 8. The number of anilines is 1. The van der Waals surface area contributed by atoms with Crippen molar-refractivity contribution in [2.45, 2.75) is 13.0 Å². The summed E-state index contributed by atoms with van der Waals surface area (Å²) in [5.41, 5.74) is 2.53. The quantitative estimate of drug-likeness (QED) is 0.448. The third-order valence-electron chi connectivity index (χ3n) is 5.57. The summed E-state index contributed by atoms with van der Waals surface area (Å²) in [4.78, 5) is 24.7. The average Bonchev–Trinajstić information content (AvgIpc) is 3.11. The molecule has 0 amide bonds. The molecule has 1 aliphatic rings. The van der Waals surface area contributed by atoms with Crippen LogP contribution in [0.1, 0.15) is 12.0 Å². The van der Waals surface area contributed by atoms with Crippen molar-refractivity contribution in [1.82, 2.24) is 15.0 Å². The topological polar surface area (TPSA) is 108 Å². The number of fused-ring (bicyclic) bond motifs is 2. The zero-order valence-corrected chi connectivity index (χ0v) is 18.9. The molecule has 2 aromatic carbocycles. The van der Waals surface area contributed by atoms with E-state index in [9.17, 15) is 4.79 Å². The van der Waals surface area contributed by atoms with E-state index in [0.29, 0.717) is 53.8 Å². The molecule has 1 aliphatic heterocycles. The highest BCUT2D eigenvalue weighted by atomic mass is 16.5. The third kappa shape index (κ3) is 4.19. The number of nitrogens with zero attached hydrogens (tertiary/aromatic N) is 2. The van der Waals surface area contributed by atoms with Crippen molar-refractivity contribution in [3.8, 4) is 34.1 Å². The van der Waals surface area contributed by atoms with Gasteiger partial charge >= 0.3 is 0 Å². The first kappa shape index (κ1) is 21.6. The number of ether oxygens (including phenoxy) is 4. The largest absolute Gasteiger partial charge is 0.493 e. The highest BCUT2D eigenvalue weighted by Crippen LogP contribution is 2.34. The fraction of sp³-hybridized carbons (Fsp3) is 0.240. The molecule has 0 bridgehead atoms. The van der Waals surface area contributed by atoms with Crippen LogP contribution in [0.15, 0.2) is 53.5 Å². The molecule has 174 valence electrons. The molecule has 0 aliphatic carbocycles. The van der Waals surface area contributed by atoms with E-state index in [1.807, 2.05) is 30.3 Å². The predicted octanol–water partition coefficient (Wildman–Crippen LogP) is 3.78. The van der Waals surface area contributed by atoms with Gasteiger partial charge in [-0.25, -0.2) is 4.98 Å². The number of H-pyrrole nitrogens is 1. The first-order valence-corrected chi connectivity index (χ1v) is 10.9. The lowest BCUT2D eigenvalue weighted by atomic mass is 10.0. The van der Waals surface area contributed by atoms with Crippen LogP contribution in [0.2, 0.25) is 0 Å². The van der Waals surface area contributed by atoms with E-state index in [1.165, 1.54) is 0 Å². The lowest BCUT2D eigenvalue weighted by Crippen LogP contribution is -2.14. The van der Waals surface area contributed by atoms with Gasteiger partial charge in [0.2, 0.25) is 5.95 Å². The third-order valence-corrected chi connectivity index (χ3v) is 5.57. The van der Waals surface area contributed by atoms with E-state index in [-0.39, 0.29) is 5.56 Å². The van der Waals surface area contributed by atoms with E-state index in [4.69, 9.17) is 18.9 Å². The van der Waals surface area contributed by atoms with Gasteiger partial charge < -0.3 is 24.3 Å². The normalized spacial score (nSPS) is 12.8. The Labute approximate surface area is 195 Å². The van der Waals surface area contributed by atoms with Gasteiger partial charge in [0.1, 0.15) is 0 Å². The molecule has 0 fully saturated rings. The molecule has 4 aromatic rings. The van der Waals surface area contributed by atoms with E-state index < -0.39 is 0 Å². The molecular formula is C25H24N4O5. The van der Waals surface area contributed by atoms with Crippen LogP contribution in [-0.2, 0) is 6.54 Å².